The number of aromatic nitrogens is 2. The van der Waals surface area contributed by atoms with Crippen LogP contribution in [-0.2, 0) is 14.8 Å². The lowest BCUT2D eigenvalue weighted by atomic mass is 9.98. The summed E-state index contributed by atoms with van der Waals surface area (Å²) in [6.45, 7) is 9.33. The summed E-state index contributed by atoms with van der Waals surface area (Å²) < 4.78 is 41.5. The zero-order valence-corrected chi connectivity index (χ0v) is 19.8. The van der Waals surface area contributed by atoms with E-state index in [-0.39, 0.29) is 16.6 Å². The van der Waals surface area contributed by atoms with Gasteiger partial charge in [-0.15, -0.1) is 0 Å². The molecule has 0 bridgehead atoms. The Morgan fingerprint density at radius 2 is 1.64 bits per heavy atom. The fraction of sp³-hybridized carbons (Fsp3) is 0.269. The highest BCUT2D eigenvalue weighted by Gasteiger charge is 2.20. The van der Waals surface area contributed by atoms with Gasteiger partial charge in [-0.05, 0) is 73.8 Å². The van der Waals surface area contributed by atoms with Gasteiger partial charge in [0.25, 0.3) is 10.0 Å². The summed E-state index contributed by atoms with van der Waals surface area (Å²) in [5.41, 5.74) is 6.65. The van der Waals surface area contributed by atoms with Crippen LogP contribution in [0.5, 0.6) is 0 Å². The Hall–Kier alpha value is -3.16. The maximum absolute atomic E-state index is 13.2. The smallest absolute Gasteiger partial charge is 0.269 e. The van der Waals surface area contributed by atoms with Crippen molar-refractivity contribution in [2.45, 2.75) is 25.7 Å². The number of pyridine rings is 1. The molecule has 2 aromatic carbocycles. The van der Waals surface area contributed by atoms with Crippen molar-refractivity contribution in [3.8, 4) is 11.1 Å². The maximum atomic E-state index is 13.2. The summed E-state index contributed by atoms with van der Waals surface area (Å²) in [6, 6.07) is 12.9. The lowest BCUT2D eigenvalue weighted by Crippen LogP contribution is -2.37. The van der Waals surface area contributed by atoms with Crippen molar-refractivity contribution >= 4 is 26.7 Å². The standard InChI is InChI=1S/C26H27N3O3S/c1-18-4-6-24(7-5-18)33(30,31)29-9-8-21-16-23(17-27-26(21)29)22-14-19(2)25(20(3)15-22)28-10-12-32-13-11-28/h4-9,14-17H,10-13H2,1-3H3/i8D. The van der Waals surface area contributed by atoms with E-state index in [2.05, 4.69) is 35.9 Å². The van der Waals surface area contributed by atoms with Crippen LogP contribution in [0.15, 0.2) is 65.8 Å². The van der Waals surface area contributed by atoms with Crippen LogP contribution in [0.1, 0.15) is 18.1 Å². The first-order chi connectivity index (χ1) is 16.3. The van der Waals surface area contributed by atoms with E-state index in [4.69, 9.17) is 6.11 Å². The number of benzene rings is 2. The molecule has 0 aliphatic carbocycles. The fourth-order valence-corrected chi connectivity index (χ4v) is 5.77. The average Bonchev–Trinajstić information content (AvgIpc) is 3.16. The molecule has 1 fully saturated rings. The molecule has 0 saturated carbocycles. The molecule has 0 amide bonds. The molecule has 2 aromatic heterocycles. The minimum Gasteiger partial charge on any atom is -0.378 e. The van der Waals surface area contributed by atoms with Crippen LogP contribution in [0, 0.1) is 20.8 Å². The molecule has 0 N–H and O–H groups in total. The Bertz CT molecular complexity index is 1470. The van der Waals surface area contributed by atoms with Crippen LogP contribution in [0.4, 0.5) is 5.69 Å². The van der Waals surface area contributed by atoms with Gasteiger partial charge in [-0.25, -0.2) is 17.4 Å². The van der Waals surface area contributed by atoms with Crippen LogP contribution >= 0.6 is 0 Å². The second kappa shape index (κ2) is 8.32. The van der Waals surface area contributed by atoms with Gasteiger partial charge in [0.2, 0.25) is 0 Å². The van der Waals surface area contributed by atoms with Crippen LogP contribution in [0.2, 0.25) is 0 Å². The van der Waals surface area contributed by atoms with Crippen molar-refractivity contribution < 1.29 is 14.5 Å². The Kier molecular flexibility index (Phi) is 5.15. The largest absolute Gasteiger partial charge is 0.378 e. The minimum atomic E-state index is -3.85. The van der Waals surface area contributed by atoms with E-state index in [9.17, 15) is 8.42 Å². The van der Waals surface area contributed by atoms with Crippen molar-refractivity contribution in [3.63, 3.8) is 0 Å². The quantitative estimate of drug-likeness (QED) is 0.440. The highest BCUT2D eigenvalue weighted by molar-refractivity contribution is 7.90. The number of aryl methyl sites for hydroxylation is 3. The molecular weight excluding hydrogens is 434 g/mol. The first kappa shape index (κ1) is 20.4. The van der Waals surface area contributed by atoms with Crippen LogP contribution in [0.25, 0.3) is 22.2 Å². The predicted octanol–water partition coefficient (Wildman–Crippen LogP) is 4.70. The highest BCUT2D eigenvalue weighted by atomic mass is 32.2. The number of fused-ring (bicyclic) bond motifs is 1. The molecular formula is C26H27N3O3S. The van der Waals surface area contributed by atoms with Gasteiger partial charge < -0.3 is 9.64 Å². The van der Waals surface area contributed by atoms with E-state index in [1.54, 1.807) is 30.5 Å². The van der Waals surface area contributed by atoms with Crippen molar-refractivity contribution in [2.75, 3.05) is 31.2 Å². The Labute approximate surface area is 195 Å². The van der Waals surface area contributed by atoms with Crippen molar-refractivity contribution in [2.24, 2.45) is 0 Å². The molecule has 7 heteroatoms. The van der Waals surface area contributed by atoms with Gasteiger partial charge in [0.15, 0.2) is 5.65 Å². The summed E-state index contributed by atoms with van der Waals surface area (Å²) in [4.78, 5) is 7.03. The molecule has 1 aliphatic rings. The Balaban J connectivity index is 1.56. The summed E-state index contributed by atoms with van der Waals surface area (Å²) in [7, 11) is -3.85. The third-order valence-corrected chi connectivity index (χ3v) is 7.81. The molecule has 1 aliphatic heterocycles. The monoisotopic (exact) mass is 462 g/mol. The number of nitrogens with zero attached hydrogens (tertiary/aromatic N) is 3. The molecule has 6 nitrogen and oxygen atoms in total. The van der Waals surface area contributed by atoms with Gasteiger partial charge in [0.05, 0.1) is 19.5 Å². The van der Waals surface area contributed by atoms with Gasteiger partial charge in [-0.1, -0.05) is 17.7 Å². The molecule has 3 heterocycles. The van der Waals surface area contributed by atoms with Crippen LogP contribution in [-0.4, -0.2) is 43.7 Å². The lowest BCUT2D eigenvalue weighted by molar-refractivity contribution is 0.122. The fourth-order valence-electron chi connectivity index (χ4n) is 4.50. The molecule has 0 radical (unpaired) electrons. The topological polar surface area (TPSA) is 64.4 Å². The number of hydrogen-bond acceptors (Lipinski definition) is 5. The zero-order chi connectivity index (χ0) is 24.0. The van der Waals surface area contributed by atoms with Gasteiger partial charge in [-0.3, -0.25) is 0 Å². The Morgan fingerprint density at radius 1 is 0.970 bits per heavy atom. The predicted molar refractivity (Wildman–Crippen MR) is 131 cm³/mol. The first-order valence-electron chi connectivity index (χ1n) is 11.5. The minimum absolute atomic E-state index is 0.124. The number of hydrogen-bond donors (Lipinski definition) is 0. The number of rotatable bonds is 4. The number of morpholine rings is 1. The molecule has 33 heavy (non-hydrogen) atoms. The van der Waals surface area contributed by atoms with E-state index in [0.29, 0.717) is 5.39 Å². The van der Waals surface area contributed by atoms with E-state index in [0.717, 1.165) is 47.0 Å². The van der Waals surface area contributed by atoms with E-state index in [1.807, 2.05) is 13.0 Å². The van der Waals surface area contributed by atoms with E-state index >= 15 is 0 Å². The van der Waals surface area contributed by atoms with Gasteiger partial charge in [0.1, 0.15) is 0 Å². The van der Waals surface area contributed by atoms with Crippen molar-refractivity contribution in [3.05, 3.63) is 77.6 Å². The average molecular weight is 463 g/mol. The third kappa shape index (κ3) is 3.92. The third-order valence-electron chi connectivity index (χ3n) is 6.14. The van der Waals surface area contributed by atoms with E-state index < -0.39 is 10.0 Å². The normalized spacial score (nSPS) is 15.1. The second-order valence-electron chi connectivity index (χ2n) is 8.54. The highest BCUT2D eigenvalue weighted by Crippen LogP contribution is 2.33. The first-order valence-corrected chi connectivity index (χ1v) is 12.4. The second-order valence-corrected chi connectivity index (χ2v) is 10.4. The molecule has 0 spiro atoms. The molecule has 5 rings (SSSR count). The lowest BCUT2D eigenvalue weighted by Gasteiger charge is -2.31. The van der Waals surface area contributed by atoms with Gasteiger partial charge in [-0.2, -0.15) is 0 Å². The van der Waals surface area contributed by atoms with Gasteiger partial charge >= 0.3 is 0 Å². The van der Waals surface area contributed by atoms with Crippen molar-refractivity contribution in [1.82, 2.24) is 8.96 Å². The number of ether oxygens (including phenoxy) is 1. The molecule has 1 saturated heterocycles. The molecule has 170 valence electrons. The summed E-state index contributed by atoms with van der Waals surface area (Å²) in [5, 5.41) is 0.501. The van der Waals surface area contributed by atoms with Crippen LogP contribution < -0.4 is 4.90 Å². The SMILES string of the molecule is [2H]c1cn(S(=O)(=O)c2ccc(C)cc2)c2ncc(-c3cc(C)c(N4CCOCC4)c(C)c3)cc12. The summed E-state index contributed by atoms with van der Waals surface area (Å²) in [6.07, 6.45) is 3.01. The molecule has 0 unspecified atom stereocenters. The molecule has 0 atom stereocenters. The number of anilines is 1. The summed E-state index contributed by atoms with van der Waals surface area (Å²) in [5.74, 6) is 0. The van der Waals surface area contributed by atoms with E-state index in [1.165, 1.54) is 23.0 Å². The van der Waals surface area contributed by atoms with Crippen LogP contribution in [0.3, 0.4) is 0 Å². The van der Waals surface area contributed by atoms with Gasteiger partial charge in [0, 0.05) is 42.1 Å². The summed E-state index contributed by atoms with van der Waals surface area (Å²) >= 11 is 0. The zero-order valence-electron chi connectivity index (χ0n) is 20.0. The maximum Gasteiger partial charge on any atom is 0.269 e. The van der Waals surface area contributed by atoms with Crippen molar-refractivity contribution in [1.29, 1.82) is 0 Å². The Morgan fingerprint density at radius 3 is 2.30 bits per heavy atom. The molecule has 4 aromatic rings.